The molecule has 2 aromatic carbocycles. The topological polar surface area (TPSA) is 25.2 Å². The summed E-state index contributed by atoms with van der Waals surface area (Å²) in [5, 5.41) is 12.3. The fourth-order valence-corrected chi connectivity index (χ4v) is 3.05. The van der Waals surface area contributed by atoms with E-state index >= 15 is 0 Å². The van der Waals surface area contributed by atoms with Crippen molar-refractivity contribution in [2.75, 3.05) is 0 Å². The van der Waals surface area contributed by atoms with Gasteiger partial charge in [-0.15, -0.1) is 0 Å². The van der Waals surface area contributed by atoms with Gasteiger partial charge in [0.15, 0.2) is 0 Å². The summed E-state index contributed by atoms with van der Waals surface area (Å²) >= 11 is 0. The van der Waals surface area contributed by atoms with Crippen LogP contribution in [-0.4, -0.2) is 9.67 Å². The molecule has 1 aromatic heterocycles. The highest BCUT2D eigenvalue weighted by Crippen LogP contribution is 2.31. The Bertz CT molecular complexity index is 770. The molecule has 0 bridgehead atoms. The summed E-state index contributed by atoms with van der Waals surface area (Å²) in [4.78, 5) is 0. The largest absolute Gasteiger partial charge is 0.494 e. The lowest BCUT2D eigenvalue weighted by Crippen LogP contribution is -1.93. The maximum atomic E-state index is 10.4. The highest BCUT2D eigenvalue weighted by Gasteiger charge is 2.14. The Labute approximate surface area is 111 Å². The van der Waals surface area contributed by atoms with Crippen LogP contribution >= 0.6 is 0 Å². The van der Waals surface area contributed by atoms with E-state index in [1.165, 1.54) is 24.0 Å². The average molecular weight is 249 g/mol. The minimum atomic E-state index is 0.327. The molecule has 0 radical (unpaired) electrons. The van der Waals surface area contributed by atoms with Crippen LogP contribution in [0.15, 0.2) is 48.7 Å². The van der Waals surface area contributed by atoms with Gasteiger partial charge in [0, 0.05) is 22.7 Å². The zero-order valence-electron chi connectivity index (χ0n) is 10.6. The maximum Gasteiger partial charge on any atom is 0.203 e. The van der Waals surface area contributed by atoms with Gasteiger partial charge in [0.1, 0.15) is 0 Å². The zero-order valence-corrected chi connectivity index (χ0v) is 10.6. The van der Waals surface area contributed by atoms with Crippen LogP contribution in [0.25, 0.3) is 16.5 Å². The molecular weight excluding hydrogens is 234 g/mol. The van der Waals surface area contributed by atoms with Crippen molar-refractivity contribution in [2.45, 2.75) is 19.3 Å². The molecule has 0 saturated heterocycles. The molecule has 1 aliphatic carbocycles. The quantitative estimate of drug-likeness (QED) is 0.696. The second-order valence-corrected chi connectivity index (χ2v) is 5.22. The lowest BCUT2D eigenvalue weighted by Gasteiger charge is -2.07. The van der Waals surface area contributed by atoms with Crippen molar-refractivity contribution in [3.05, 3.63) is 59.8 Å². The monoisotopic (exact) mass is 249 g/mol. The summed E-state index contributed by atoms with van der Waals surface area (Å²) in [5.74, 6) is 0.327. The molecule has 19 heavy (non-hydrogen) atoms. The van der Waals surface area contributed by atoms with Gasteiger partial charge in [-0.1, -0.05) is 24.3 Å². The predicted molar refractivity (Wildman–Crippen MR) is 77.0 cm³/mol. The van der Waals surface area contributed by atoms with E-state index in [0.717, 1.165) is 22.9 Å². The Balaban J connectivity index is 1.92. The third kappa shape index (κ3) is 1.56. The molecule has 0 amide bonds. The van der Waals surface area contributed by atoms with Crippen LogP contribution < -0.4 is 0 Å². The van der Waals surface area contributed by atoms with Gasteiger partial charge in [-0.3, -0.25) is 4.57 Å². The van der Waals surface area contributed by atoms with Gasteiger partial charge in [-0.25, -0.2) is 0 Å². The fourth-order valence-electron chi connectivity index (χ4n) is 3.05. The molecule has 94 valence electrons. The van der Waals surface area contributed by atoms with E-state index in [-0.39, 0.29) is 0 Å². The van der Waals surface area contributed by atoms with Gasteiger partial charge in [0.25, 0.3) is 0 Å². The smallest absolute Gasteiger partial charge is 0.203 e. The van der Waals surface area contributed by atoms with Gasteiger partial charge in [0.2, 0.25) is 5.88 Å². The molecule has 2 nitrogen and oxygen atoms in total. The van der Waals surface area contributed by atoms with Crippen molar-refractivity contribution in [3.63, 3.8) is 0 Å². The van der Waals surface area contributed by atoms with Gasteiger partial charge in [0.05, 0.1) is 0 Å². The number of benzene rings is 2. The number of aromatic hydroxyl groups is 1. The third-order valence-corrected chi connectivity index (χ3v) is 4.06. The second-order valence-electron chi connectivity index (χ2n) is 5.22. The molecule has 1 N–H and O–H groups in total. The van der Waals surface area contributed by atoms with Crippen LogP contribution in [0, 0.1) is 0 Å². The lowest BCUT2D eigenvalue weighted by atomic mass is 10.1. The van der Waals surface area contributed by atoms with E-state index in [0.29, 0.717) is 5.88 Å². The lowest BCUT2D eigenvalue weighted by molar-refractivity contribution is 0.448. The summed E-state index contributed by atoms with van der Waals surface area (Å²) in [6.45, 7) is 0. The first-order valence-electron chi connectivity index (χ1n) is 6.74. The van der Waals surface area contributed by atoms with E-state index in [1.54, 1.807) is 0 Å². The molecule has 0 aliphatic heterocycles. The van der Waals surface area contributed by atoms with Crippen LogP contribution in [0.3, 0.4) is 0 Å². The molecule has 0 atom stereocenters. The summed E-state index contributed by atoms with van der Waals surface area (Å²) in [6, 6.07) is 14.4. The fraction of sp³-hybridized carbons (Fsp3) is 0.176. The number of rotatable bonds is 1. The highest BCUT2D eigenvalue weighted by molar-refractivity contribution is 5.88. The van der Waals surface area contributed by atoms with E-state index in [9.17, 15) is 5.11 Å². The molecule has 0 fully saturated rings. The first-order valence-corrected chi connectivity index (χ1v) is 6.74. The standard InChI is InChI=1S/C17H15NO/c19-17-16-7-2-1-4-14(16)11-18(17)15-9-8-12-5-3-6-13(12)10-15/h1-2,4,7-11,19H,3,5-6H2. The highest BCUT2D eigenvalue weighted by atomic mass is 16.3. The number of hydrogen-bond donors (Lipinski definition) is 1. The molecule has 0 saturated carbocycles. The van der Waals surface area contributed by atoms with Crippen LogP contribution in [0.5, 0.6) is 5.88 Å². The Morgan fingerprint density at radius 2 is 1.79 bits per heavy atom. The Kier molecular flexibility index (Phi) is 2.18. The van der Waals surface area contributed by atoms with Crippen LogP contribution in [0.2, 0.25) is 0 Å². The Morgan fingerprint density at radius 3 is 2.68 bits per heavy atom. The SMILES string of the molecule is Oc1c2ccccc2cn1-c1ccc2c(c1)CCC2. The first-order chi connectivity index (χ1) is 9.33. The van der Waals surface area contributed by atoms with Crippen molar-refractivity contribution in [3.8, 4) is 11.6 Å². The second kappa shape index (κ2) is 3.89. The van der Waals surface area contributed by atoms with Gasteiger partial charge in [-0.05, 0) is 48.6 Å². The molecule has 1 heterocycles. The zero-order chi connectivity index (χ0) is 12.8. The number of aromatic nitrogens is 1. The summed E-state index contributed by atoms with van der Waals surface area (Å²) in [6.07, 6.45) is 5.60. The number of nitrogens with zero attached hydrogens (tertiary/aromatic N) is 1. The average Bonchev–Trinajstić information content (AvgIpc) is 3.03. The molecule has 3 aromatic rings. The molecule has 0 unspecified atom stereocenters. The Hall–Kier alpha value is -2.22. The van der Waals surface area contributed by atoms with E-state index in [2.05, 4.69) is 18.2 Å². The number of aryl methyl sites for hydroxylation is 2. The summed E-state index contributed by atoms with van der Waals surface area (Å²) < 4.78 is 1.88. The third-order valence-electron chi connectivity index (χ3n) is 4.06. The van der Waals surface area contributed by atoms with Crippen molar-refractivity contribution < 1.29 is 5.11 Å². The van der Waals surface area contributed by atoms with E-state index in [4.69, 9.17) is 0 Å². The number of hydrogen-bond acceptors (Lipinski definition) is 1. The van der Waals surface area contributed by atoms with Crippen molar-refractivity contribution in [1.29, 1.82) is 0 Å². The van der Waals surface area contributed by atoms with Crippen LogP contribution in [-0.2, 0) is 12.8 Å². The maximum absolute atomic E-state index is 10.4. The molecular formula is C17H15NO. The molecule has 0 spiro atoms. The van der Waals surface area contributed by atoms with Gasteiger partial charge < -0.3 is 5.11 Å². The first kappa shape index (κ1) is 10.7. The van der Waals surface area contributed by atoms with Crippen molar-refractivity contribution in [1.82, 2.24) is 4.57 Å². The van der Waals surface area contributed by atoms with E-state index in [1.807, 2.05) is 35.0 Å². The minimum absolute atomic E-state index is 0.327. The van der Waals surface area contributed by atoms with Crippen LogP contribution in [0.1, 0.15) is 17.5 Å². The Morgan fingerprint density at radius 1 is 0.947 bits per heavy atom. The van der Waals surface area contributed by atoms with Gasteiger partial charge >= 0.3 is 0 Å². The van der Waals surface area contributed by atoms with Gasteiger partial charge in [-0.2, -0.15) is 0 Å². The van der Waals surface area contributed by atoms with Crippen LogP contribution in [0.4, 0.5) is 0 Å². The molecule has 2 heteroatoms. The van der Waals surface area contributed by atoms with E-state index < -0.39 is 0 Å². The van der Waals surface area contributed by atoms with Crippen molar-refractivity contribution >= 4 is 10.8 Å². The summed E-state index contributed by atoms with van der Waals surface area (Å²) in [7, 11) is 0. The van der Waals surface area contributed by atoms with Crippen molar-refractivity contribution in [2.24, 2.45) is 0 Å². The molecule has 1 aliphatic rings. The predicted octanol–water partition coefficient (Wildman–Crippen LogP) is 3.82. The minimum Gasteiger partial charge on any atom is -0.494 e. The number of fused-ring (bicyclic) bond motifs is 2. The molecule has 4 rings (SSSR count). The summed E-state index contributed by atoms with van der Waals surface area (Å²) in [5.41, 5.74) is 3.93. The normalized spacial score (nSPS) is 13.9.